The summed E-state index contributed by atoms with van der Waals surface area (Å²) in [6, 6.07) is 0. The third-order valence-electron chi connectivity index (χ3n) is 9.81. The van der Waals surface area contributed by atoms with Crippen molar-refractivity contribution in [3.8, 4) is 0 Å². The molecule has 0 amide bonds. The molecule has 53 heavy (non-hydrogen) atoms. The molecule has 0 bridgehead atoms. The summed E-state index contributed by atoms with van der Waals surface area (Å²) in [5, 5.41) is 40.0. The Balaban J connectivity index is 2.21. The Kier molecular flexibility index (Phi) is 33.6. The molecule has 310 valence electrons. The van der Waals surface area contributed by atoms with E-state index in [2.05, 4.69) is 50.3 Å². The highest BCUT2D eigenvalue weighted by molar-refractivity contribution is 5.69. The molecule has 0 radical (unpaired) electrons. The van der Waals surface area contributed by atoms with Crippen molar-refractivity contribution in [2.24, 2.45) is 0 Å². The van der Waals surface area contributed by atoms with Crippen LogP contribution in [0.2, 0.25) is 0 Å². The zero-order valence-corrected chi connectivity index (χ0v) is 33.8. The van der Waals surface area contributed by atoms with Crippen LogP contribution in [0.3, 0.4) is 0 Å². The molecule has 0 aromatic heterocycles. The van der Waals surface area contributed by atoms with E-state index in [0.717, 1.165) is 57.8 Å². The lowest BCUT2D eigenvalue weighted by atomic mass is 9.99. The lowest BCUT2D eigenvalue weighted by Crippen LogP contribution is -2.59. The first-order valence-electron chi connectivity index (χ1n) is 21.6. The number of unbranched alkanes of at least 4 members (excludes halogenated alkanes) is 19. The molecule has 6 atom stereocenters. The van der Waals surface area contributed by atoms with Crippen LogP contribution in [-0.2, 0) is 23.7 Å². The second-order valence-corrected chi connectivity index (χ2v) is 14.8. The molecule has 1 heterocycles. The van der Waals surface area contributed by atoms with Crippen molar-refractivity contribution in [3.05, 3.63) is 36.5 Å². The van der Waals surface area contributed by atoms with E-state index in [-0.39, 0.29) is 19.2 Å². The molecule has 1 saturated heterocycles. The third-order valence-corrected chi connectivity index (χ3v) is 9.81. The topological polar surface area (TPSA) is 135 Å². The van der Waals surface area contributed by atoms with Gasteiger partial charge in [-0.15, -0.1) is 0 Å². The Morgan fingerprint density at radius 3 is 1.64 bits per heavy atom. The van der Waals surface area contributed by atoms with Gasteiger partial charge in [0.05, 0.1) is 19.8 Å². The Labute approximate surface area is 323 Å². The minimum Gasteiger partial charge on any atom is -0.457 e. The average Bonchev–Trinajstić information content (AvgIpc) is 3.16. The lowest BCUT2D eigenvalue weighted by Gasteiger charge is -2.39. The zero-order chi connectivity index (χ0) is 38.6. The van der Waals surface area contributed by atoms with Crippen LogP contribution in [0.5, 0.6) is 0 Å². The van der Waals surface area contributed by atoms with E-state index in [1.807, 2.05) is 0 Å². The van der Waals surface area contributed by atoms with Crippen LogP contribution in [-0.4, -0.2) is 89.6 Å². The number of rotatable bonds is 36. The Bertz CT molecular complexity index is 905. The van der Waals surface area contributed by atoms with E-state index in [1.165, 1.54) is 96.3 Å². The highest BCUT2D eigenvalue weighted by atomic mass is 16.7. The summed E-state index contributed by atoms with van der Waals surface area (Å²) < 4.78 is 22.7. The van der Waals surface area contributed by atoms with Crippen LogP contribution in [0, 0.1) is 0 Å². The highest BCUT2D eigenvalue weighted by Gasteiger charge is 2.44. The van der Waals surface area contributed by atoms with Gasteiger partial charge < -0.3 is 39.4 Å². The minimum absolute atomic E-state index is 0.116. The Morgan fingerprint density at radius 2 is 1.09 bits per heavy atom. The molecule has 0 aliphatic carbocycles. The van der Waals surface area contributed by atoms with E-state index in [0.29, 0.717) is 13.0 Å². The number of hydrogen-bond acceptors (Lipinski definition) is 9. The van der Waals surface area contributed by atoms with Crippen molar-refractivity contribution in [3.63, 3.8) is 0 Å². The first-order valence-corrected chi connectivity index (χ1v) is 21.6. The summed E-state index contributed by atoms with van der Waals surface area (Å²) >= 11 is 0. The maximum absolute atomic E-state index is 12.6. The first-order chi connectivity index (χ1) is 25.9. The van der Waals surface area contributed by atoms with Crippen LogP contribution in [0.15, 0.2) is 36.5 Å². The Morgan fingerprint density at radius 1 is 0.604 bits per heavy atom. The summed E-state index contributed by atoms with van der Waals surface area (Å²) in [5.41, 5.74) is 0. The largest absolute Gasteiger partial charge is 0.457 e. The molecule has 9 heteroatoms. The number of carbonyl (C=O) groups is 1. The fraction of sp³-hybridized carbons (Fsp3) is 0.841. The molecule has 0 spiro atoms. The van der Waals surface area contributed by atoms with Crippen molar-refractivity contribution in [2.75, 3.05) is 26.4 Å². The van der Waals surface area contributed by atoms with Crippen molar-refractivity contribution in [1.29, 1.82) is 0 Å². The lowest BCUT2D eigenvalue weighted by molar-refractivity contribution is -0.305. The quantitative estimate of drug-likeness (QED) is 0.0281. The van der Waals surface area contributed by atoms with Gasteiger partial charge in [0.25, 0.3) is 0 Å². The molecular formula is C44H80O9. The maximum Gasteiger partial charge on any atom is 0.306 e. The van der Waals surface area contributed by atoms with E-state index in [1.54, 1.807) is 0 Å². The van der Waals surface area contributed by atoms with Gasteiger partial charge >= 0.3 is 5.97 Å². The number of esters is 1. The van der Waals surface area contributed by atoms with Gasteiger partial charge in [-0.3, -0.25) is 4.79 Å². The number of hydrogen-bond donors (Lipinski definition) is 4. The predicted octanol–water partition coefficient (Wildman–Crippen LogP) is 9.19. The normalized spacial score (nSPS) is 21.4. The van der Waals surface area contributed by atoms with Crippen molar-refractivity contribution < 1.29 is 44.2 Å². The summed E-state index contributed by atoms with van der Waals surface area (Å²) in [7, 11) is 0. The van der Waals surface area contributed by atoms with Crippen LogP contribution in [0.25, 0.3) is 0 Å². The van der Waals surface area contributed by atoms with E-state index >= 15 is 0 Å². The first kappa shape index (κ1) is 49.4. The van der Waals surface area contributed by atoms with Crippen molar-refractivity contribution in [2.45, 2.75) is 211 Å². The molecule has 6 unspecified atom stereocenters. The van der Waals surface area contributed by atoms with Crippen LogP contribution in [0.4, 0.5) is 0 Å². The van der Waals surface area contributed by atoms with Crippen LogP contribution < -0.4 is 0 Å². The van der Waals surface area contributed by atoms with E-state index in [9.17, 15) is 25.2 Å². The van der Waals surface area contributed by atoms with Gasteiger partial charge in [-0.1, -0.05) is 153 Å². The zero-order valence-electron chi connectivity index (χ0n) is 33.8. The van der Waals surface area contributed by atoms with Gasteiger partial charge in [0.15, 0.2) is 6.29 Å². The molecule has 1 aliphatic rings. The van der Waals surface area contributed by atoms with Crippen LogP contribution in [0.1, 0.15) is 174 Å². The summed E-state index contributed by atoms with van der Waals surface area (Å²) in [6.45, 7) is 4.49. The Hall–Kier alpha value is -1.59. The molecule has 0 saturated carbocycles. The molecule has 0 aromatic rings. The van der Waals surface area contributed by atoms with Crippen LogP contribution >= 0.6 is 0 Å². The number of carbonyl (C=O) groups excluding carboxylic acids is 1. The predicted molar refractivity (Wildman–Crippen MR) is 215 cm³/mol. The molecule has 4 N–H and O–H groups in total. The highest BCUT2D eigenvalue weighted by Crippen LogP contribution is 2.22. The van der Waals surface area contributed by atoms with Gasteiger partial charge in [-0.05, 0) is 51.4 Å². The molecule has 9 nitrogen and oxygen atoms in total. The monoisotopic (exact) mass is 753 g/mol. The summed E-state index contributed by atoms with van der Waals surface area (Å²) in [4.78, 5) is 12.6. The summed E-state index contributed by atoms with van der Waals surface area (Å²) in [6.07, 6.45) is 34.7. The standard InChI is InChI=1S/C44H80O9/c1-3-5-7-9-11-13-14-15-16-17-18-19-20-21-22-23-24-25-26-28-30-32-34-50-36-38(52-40(46)33-31-29-27-12-10-8-6-4-2)37-51-44-43(49)42(48)41(47)39(35-45)53-44/h14-15,17-18,20-21,38-39,41-45,47-49H,3-13,16,19,22-37H2,1-2H3/b15-14-,18-17-,21-20-. The minimum atomic E-state index is -1.54. The number of allylic oxidation sites excluding steroid dienone is 6. The van der Waals surface area contributed by atoms with Crippen molar-refractivity contribution in [1.82, 2.24) is 0 Å². The number of aliphatic hydroxyl groups is 4. The number of ether oxygens (including phenoxy) is 4. The fourth-order valence-electron chi connectivity index (χ4n) is 6.38. The second kappa shape index (κ2) is 36.1. The fourth-order valence-corrected chi connectivity index (χ4v) is 6.38. The molecule has 0 aromatic carbocycles. The second-order valence-electron chi connectivity index (χ2n) is 14.8. The SMILES string of the molecule is CCCCCCC/C=C\C/C=C\C/C=C\CCCCCCCCCOCC(COC1OC(CO)C(O)C(O)C1O)OC(=O)CCCCCCCCCC. The smallest absolute Gasteiger partial charge is 0.306 e. The van der Waals surface area contributed by atoms with Gasteiger partial charge in [0.2, 0.25) is 0 Å². The van der Waals surface area contributed by atoms with Gasteiger partial charge in [0.1, 0.15) is 30.5 Å². The maximum atomic E-state index is 12.6. The van der Waals surface area contributed by atoms with E-state index < -0.39 is 43.4 Å². The molecule has 1 rings (SSSR count). The van der Waals surface area contributed by atoms with E-state index in [4.69, 9.17) is 18.9 Å². The van der Waals surface area contributed by atoms with Gasteiger partial charge in [0, 0.05) is 13.0 Å². The van der Waals surface area contributed by atoms with Gasteiger partial charge in [-0.2, -0.15) is 0 Å². The van der Waals surface area contributed by atoms with Gasteiger partial charge in [-0.25, -0.2) is 0 Å². The van der Waals surface area contributed by atoms with Crippen molar-refractivity contribution >= 4 is 5.97 Å². The molecule has 1 fully saturated rings. The number of aliphatic hydroxyl groups excluding tert-OH is 4. The molecule has 1 aliphatic heterocycles. The average molecular weight is 753 g/mol. The third kappa shape index (κ3) is 27.6. The molecular weight excluding hydrogens is 672 g/mol. The summed E-state index contributed by atoms with van der Waals surface area (Å²) in [5.74, 6) is -0.323.